The van der Waals surface area contributed by atoms with E-state index < -0.39 is 0 Å². The predicted molar refractivity (Wildman–Crippen MR) is 191 cm³/mol. The van der Waals surface area contributed by atoms with Crippen molar-refractivity contribution in [2.45, 2.75) is 151 Å². The van der Waals surface area contributed by atoms with Crippen LogP contribution in [0, 0.1) is 62.1 Å². The molecule has 8 fully saturated rings. The molecule has 10 atom stereocenters. The molecule has 8 rings (SSSR count). The van der Waals surface area contributed by atoms with Gasteiger partial charge in [0.25, 0.3) is 0 Å². The molecule has 2 heterocycles. The van der Waals surface area contributed by atoms with Gasteiger partial charge in [0.05, 0.1) is 11.5 Å². The van der Waals surface area contributed by atoms with E-state index in [1.165, 1.54) is 103 Å². The lowest BCUT2D eigenvalue weighted by Crippen LogP contribution is -2.67. The minimum atomic E-state index is -0.159. The van der Waals surface area contributed by atoms with Gasteiger partial charge in [-0.15, -0.1) is 0 Å². The van der Waals surface area contributed by atoms with Crippen molar-refractivity contribution in [3.63, 3.8) is 0 Å². The Bertz CT molecular complexity index is 1210. The lowest BCUT2D eigenvalue weighted by molar-refractivity contribution is -0.249. The first kappa shape index (κ1) is 33.5. The summed E-state index contributed by atoms with van der Waals surface area (Å²) in [5.74, 6) is 3.94. The third kappa shape index (κ3) is 4.65. The number of hydrogen-bond acceptors (Lipinski definition) is 4. The van der Waals surface area contributed by atoms with Crippen molar-refractivity contribution in [3.05, 3.63) is 0 Å². The van der Waals surface area contributed by atoms with Crippen LogP contribution >= 0.6 is 0 Å². The van der Waals surface area contributed by atoms with E-state index in [0.29, 0.717) is 51.4 Å². The van der Waals surface area contributed by atoms with Gasteiger partial charge in [-0.1, -0.05) is 48.5 Å². The fourth-order valence-corrected chi connectivity index (χ4v) is 15.5. The summed E-state index contributed by atoms with van der Waals surface area (Å²) in [5, 5.41) is 11.2. The SMILES string of the molecule is CCN1CCN(C2CCN(C(=O)C34CCC(C5(C)CC5)C3C3CCC5C6(C)CCC(O)C(C)(C)C6CCC5(C)C3(C)CC4)CC2)CC1. The van der Waals surface area contributed by atoms with Gasteiger partial charge in [0, 0.05) is 45.3 Å². The second-order valence-corrected chi connectivity index (χ2v) is 20.5. The van der Waals surface area contributed by atoms with Crippen LogP contribution in [0.3, 0.4) is 0 Å². The average Bonchev–Trinajstić information content (AvgIpc) is 3.68. The molecule has 0 radical (unpaired) electrons. The van der Waals surface area contributed by atoms with E-state index in [0.717, 1.165) is 44.2 Å². The highest BCUT2D eigenvalue weighted by atomic mass is 16.3. The molecular weight excluding hydrogens is 578 g/mol. The zero-order chi connectivity index (χ0) is 33.2. The summed E-state index contributed by atoms with van der Waals surface area (Å²) in [6, 6.07) is 0.667. The van der Waals surface area contributed by atoms with Gasteiger partial charge in [-0.25, -0.2) is 0 Å². The monoisotopic (exact) mass is 650 g/mol. The number of rotatable bonds is 4. The Morgan fingerprint density at radius 1 is 0.660 bits per heavy atom. The maximum absolute atomic E-state index is 15.2. The van der Waals surface area contributed by atoms with E-state index >= 15 is 4.79 Å². The van der Waals surface area contributed by atoms with Crippen LogP contribution in [-0.4, -0.2) is 83.7 Å². The normalized spacial score (nSPS) is 49.8. The van der Waals surface area contributed by atoms with Gasteiger partial charge in [0.2, 0.25) is 5.91 Å². The van der Waals surface area contributed by atoms with Gasteiger partial charge in [-0.05, 0) is 153 Å². The molecule has 47 heavy (non-hydrogen) atoms. The fourth-order valence-electron chi connectivity index (χ4n) is 15.5. The summed E-state index contributed by atoms with van der Waals surface area (Å²) in [6.45, 7) is 25.8. The number of likely N-dealkylation sites (N-methyl/N-ethyl adjacent to an activating group) is 1. The highest BCUT2D eigenvalue weighted by molar-refractivity contribution is 5.84. The van der Waals surface area contributed by atoms with E-state index in [-0.39, 0.29) is 16.9 Å². The minimum Gasteiger partial charge on any atom is -0.393 e. The van der Waals surface area contributed by atoms with Crippen LogP contribution in [-0.2, 0) is 4.79 Å². The first-order valence-corrected chi connectivity index (χ1v) is 20.7. The molecule has 10 unspecified atom stereocenters. The van der Waals surface area contributed by atoms with Crippen molar-refractivity contribution in [2.75, 3.05) is 45.8 Å². The molecule has 2 saturated heterocycles. The molecule has 1 amide bonds. The zero-order valence-corrected chi connectivity index (χ0v) is 31.6. The van der Waals surface area contributed by atoms with E-state index in [2.05, 4.69) is 63.2 Å². The number of aliphatic hydroxyl groups excluding tert-OH is 1. The molecule has 6 saturated carbocycles. The second-order valence-electron chi connectivity index (χ2n) is 20.5. The van der Waals surface area contributed by atoms with Gasteiger partial charge < -0.3 is 14.9 Å². The Labute approximate surface area is 288 Å². The van der Waals surface area contributed by atoms with Gasteiger partial charge >= 0.3 is 0 Å². The molecule has 8 aliphatic rings. The minimum absolute atomic E-state index is 0.00857. The predicted octanol–water partition coefficient (Wildman–Crippen LogP) is 7.86. The molecule has 0 aromatic carbocycles. The van der Waals surface area contributed by atoms with E-state index in [4.69, 9.17) is 0 Å². The first-order chi connectivity index (χ1) is 22.2. The number of hydrogen-bond donors (Lipinski definition) is 1. The molecule has 5 heteroatoms. The molecule has 2 aliphatic heterocycles. The molecule has 0 bridgehead atoms. The van der Waals surface area contributed by atoms with Crippen molar-refractivity contribution in [2.24, 2.45) is 62.1 Å². The van der Waals surface area contributed by atoms with Crippen LogP contribution in [0.25, 0.3) is 0 Å². The number of carbonyl (C=O) groups is 1. The molecule has 5 nitrogen and oxygen atoms in total. The van der Waals surface area contributed by atoms with E-state index in [1.807, 2.05) is 0 Å². The standard InChI is InChI=1S/C42H71N3O2/c1-8-43-25-27-44(28-26-43)29-14-23-45(24-15-29)36(47)42-18-11-30(38(4)19-20-38)35(42)31-9-10-33-39(5)16-13-34(46)37(2,3)32(39)12-17-41(33,7)40(31,6)21-22-42/h29-35,46H,8-28H2,1-7H3. The van der Waals surface area contributed by atoms with Crippen LogP contribution < -0.4 is 0 Å². The van der Waals surface area contributed by atoms with Crippen LogP contribution in [0.15, 0.2) is 0 Å². The highest BCUT2D eigenvalue weighted by Gasteiger charge is 2.73. The van der Waals surface area contributed by atoms with Crippen LogP contribution in [0.4, 0.5) is 0 Å². The van der Waals surface area contributed by atoms with Crippen molar-refractivity contribution in [1.29, 1.82) is 0 Å². The van der Waals surface area contributed by atoms with E-state index in [9.17, 15) is 5.11 Å². The third-order valence-electron chi connectivity index (χ3n) is 18.9. The second kappa shape index (κ2) is 11.2. The first-order valence-electron chi connectivity index (χ1n) is 20.7. The number of carbonyl (C=O) groups excluding carboxylic acids is 1. The van der Waals surface area contributed by atoms with Gasteiger partial charge in [-0.2, -0.15) is 0 Å². The van der Waals surface area contributed by atoms with Crippen LogP contribution in [0.1, 0.15) is 138 Å². The Morgan fingerprint density at radius 2 is 1.36 bits per heavy atom. The fraction of sp³-hybridized carbons (Fsp3) is 0.976. The summed E-state index contributed by atoms with van der Waals surface area (Å²) in [7, 11) is 0. The number of likely N-dealkylation sites (tertiary alicyclic amines) is 1. The molecule has 266 valence electrons. The number of amides is 1. The summed E-state index contributed by atoms with van der Waals surface area (Å²) in [6.07, 6.45) is 17.2. The summed E-state index contributed by atoms with van der Waals surface area (Å²) in [4.78, 5) is 22.9. The average molecular weight is 650 g/mol. The molecule has 6 aliphatic carbocycles. The third-order valence-corrected chi connectivity index (χ3v) is 18.9. The largest absolute Gasteiger partial charge is 0.393 e. The topological polar surface area (TPSA) is 47.0 Å². The van der Waals surface area contributed by atoms with Crippen LogP contribution in [0.2, 0.25) is 0 Å². The smallest absolute Gasteiger partial charge is 0.229 e. The molecular formula is C42H71N3O2. The number of aliphatic hydroxyl groups is 1. The Hall–Kier alpha value is -0.650. The Balaban J connectivity index is 1.06. The zero-order valence-electron chi connectivity index (χ0n) is 31.6. The number of nitrogens with zero attached hydrogens (tertiary/aromatic N) is 3. The lowest BCUT2D eigenvalue weighted by Gasteiger charge is -2.73. The quantitative estimate of drug-likeness (QED) is 0.337. The number of piperazine rings is 1. The summed E-state index contributed by atoms with van der Waals surface area (Å²) in [5.41, 5.74) is 1.32. The Morgan fingerprint density at radius 3 is 2.02 bits per heavy atom. The maximum Gasteiger partial charge on any atom is 0.229 e. The molecule has 0 aromatic heterocycles. The highest BCUT2D eigenvalue weighted by Crippen LogP contribution is 2.79. The molecule has 0 aromatic rings. The van der Waals surface area contributed by atoms with Crippen molar-refractivity contribution < 1.29 is 9.90 Å². The van der Waals surface area contributed by atoms with Crippen molar-refractivity contribution in [1.82, 2.24) is 14.7 Å². The van der Waals surface area contributed by atoms with Gasteiger partial charge in [-0.3, -0.25) is 9.69 Å². The summed E-state index contributed by atoms with van der Waals surface area (Å²) < 4.78 is 0. The van der Waals surface area contributed by atoms with Crippen molar-refractivity contribution in [3.8, 4) is 0 Å². The van der Waals surface area contributed by atoms with Gasteiger partial charge in [0.1, 0.15) is 0 Å². The van der Waals surface area contributed by atoms with Crippen LogP contribution in [0.5, 0.6) is 0 Å². The lowest BCUT2D eigenvalue weighted by atomic mass is 9.32. The number of fused-ring (bicyclic) bond motifs is 7. The molecule has 0 spiro atoms. The van der Waals surface area contributed by atoms with Crippen molar-refractivity contribution >= 4 is 5.91 Å². The Kier molecular flexibility index (Phi) is 7.96. The molecule has 1 N–H and O–H groups in total. The number of piperidine rings is 1. The van der Waals surface area contributed by atoms with E-state index in [1.54, 1.807) is 0 Å². The summed E-state index contributed by atoms with van der Waals surface area (Å²) >= 11 is 0. The maximum atomic E-state index is 15.2. The van der Waals surface area contributed by atoms with Gasteiger partial charge in [0.15, 0.2) is 0 Å².